The number of carbonyl (C=O) groups is 1. The summed E-state index contributed by atoms with van der Waals surface area (Å²) in [5.74, 6) is -0.308. The van der Waals surface area contributed by atoms with Gasteiger partial charge in [-0.05, 0) is 30.5 Å². The largest absolute Gasteiger partial charge is 0.375 e. The molecule has 0 aliphatic heterocycles. The summed E-state index contributed by atoms with van der Waals surface area (Å²) < 4.78 is 23.5. The van der Waals surface area contributed by atoms with Gasteiger partial charge in [-0.25, -0.2) is 8.42 Å². The summed E-state index contributed by atoms with van der Waals surface area (Å²) in [6.45, 7) is 0.0513. The maximum atomic E-state index is 12.1. The molecule has 122 valence electrons. The zero-order valence-electron chi connectivity index (χ0n) is 12.9. The van der Waals surface area contributed by atoms with Gasteiger partial charge in [-0.15, -0.1) is 11.8 Å². The molecular weight excluding hydrogens is 332 g/mol. The summed E-state index contributed by atoms with van der Waals surface area (Å²) in [5.41, 5.74) is 1.16. The molecule has 0 aliphatic carbocycles. The second-order valence-electron chi connectivity index (χ2n) is 4.87. The van der Waals surface area contributed by atoms with Gasteiger partial charge in [-0.1, -0.05) is 24.3 Å². The lowest BCUT2D eigenvalue weighted by Gasteiger charge is -2.12. The van der Waals surface area contributed by atoms with Crippen LogP contribution >= 0.6 is 11.8 Å². The van der Waals surface area contributed by atoms with Crippen LogP contribution in [0.25, 0.3) is 0 Å². The first-order valence-electron chi connectivity index (χ1n) is 6.87. The topological polar surface area (TPSA) is 75.3 Å². The molecule has 0 saturated heterocycles. The van der Waals surface area contributed by atoms with Crippen LogP contribution in [0.15, 0.2) is 58.3 Å². The molecule has 5 nitrogen and oxygen atoms in total. The summed E-state index contributed by atoms with van der Waals surface area (Å²) in [4.78, 5) is 13.2. The Morgan fingerprint density at radius 3 is 2.30 bits per heavy atom. The maximum Gasteiger partial charge on any atom is 0.243 e. The van der Waals surface area contributed by atoms with E-state index in [9.17, 15) is 13.2 Å². The van der Waals surface area contributed by atoms with Gasteiger partial charge in [0.2, 0.25) is 5.91 Å². The third kappa shape index (κ3) is 4.74. The zero-order chi connectivity index (χ0) is 16.9. The molecule has 2 aromatic carbocycles. The summed E-state index contributed by atoms with van der Waals surface area (Å²) in [6, 6.07) is 14.0. The number of amides is 1. The minimum absolute atomic E-state index is 0.0513. The van der Waals surface area contributed by atoms with E-state index >= 15 is 0 Å². The number of thioether (sulfide) groups is 1. The Morgan fingerprint density at radius 1 is 1.04 bits per heavy atom. The highest BCUT2D eigenvalue weighted by Crippen LogP contribution is 2.24. The van der Waals surface area contributed by atoms with Crippen molar-refractivity contribution >= 4 is 38.9 Å². The van der Waals surface area contributed by atoms with E-state index < -0.39 is 9.84 Å². The van der Waals surface area contributed by atoms with Crippen molar-refractivity contribution in [3.05, 3.63) is 48.5 Å². The number of hydrogen-bond donors (Lipinski definition) is 2. The predicted molar refractivity (Wildman–Crippen MR) is 94.9 cm³/mol. The molecule has 0 atom stereocenters. The van der Waals surface area contributed by atoms with E-state index in [1.807, 2.05) is 30.5 Å². The van der Waals surface area contributed by atoms with Gasteiger partial charge in [-0.3, -0.25) is 4.79 Å². The van der Waals surface area contributed by atoms with Crippen LogP contribution in [0, 0.1) is 0 Å². The molecule has 7 heteroatoms. The maximum absolute atomic E-state index is 12.1. The second-order valence-corrected chi connectivity index (χ2v) is 7.70. The number of hydrogen-bond acceptors (Lipinski definition) is 5. The molecule has 0 spiro atoms. The van der Waals surface area contributed by atoms with Crippen LogP contribution in [0.1, 0.15) is 0 Å². The quantitative estimate of drug-likeness (QED) is 0.784. The molecule has 2 aromatic rings. The molecular formula is C16H18N2O3S2. The van der Waals surface area contributed by atoms with Gasteiger partial charge in [0.05, 0.1) is 17.1 Å². The molecule has 2 rings (SSSR count). The van der Waals surface area contributed by atoms with Crippen LogP contribution in [0.5, 0.6) is 0 Å². The summed E-state index contributed by atoms with van der Waals surface area (Å²) in [7, 11) is -3.40. The molecule has 0 saturated carbocycles. The van der Waals surface area contributed by atoms with Crippen LogP contribution in [0.4, 0.5) is 11.4 Å². The van der Waals surface area contributed by atoms with E-state index in [0.29, 0.717) is 5.69 Å². The second kappa shape index (κ2) is 7.52. The number of rotatable bonds is 6. The molecule has 0 aromatic heterocycles. The Bertz CT molecular complexity index is 804. The van der Waals surface area contributed by atoms with Crippen LogP contribution in [-0.4, -0.2) is 33.4 Å². The first-order chi connectivity index (χ1) is 10.9. The molecule has 1 amide bonds. The summed E-state index contributed by atoms with van der Waals surface area (Å²) in [5, 5.41) is 5.70. The van der Waals surface area contributed by atoms with Gasteiger partial charge in [0.15, 0.2) is 9.84 Å². The minimum Gasteiger partial charge on any atom is -0.375 e. The van der Waals surface area contributed by atoms with Crippen molar-refractivity contribution in [3.63, 3.8) is 0 Å². The lowest BCUT2D eigenvalue weighted by Crippen LogP contribution is -2.23. The lowest BCUT2D eigenvalue weighted by molar-refractivity contribution is -0.114. The van der Waals surface area contributed by atoms with E-state index in [2.05, 4.69) is 10.6 Å². The number of carbonyl (C=O) groups excluding carboxylic acids is 1. The van der Waals surface area contributed by atoms with Crippen molar-refractivity contribution in [3.8, 4) is 0 Å². The average Bonchev–Trinajstić information content (AvgIpc) is 2.52. The Labute approximate surface area is 140 Å². The normalized spacial score (nSPS) is 11.0. The fourth-order valence-corrected chi connectivity index (χ4v) is 3.47. The highest BCUT2D eigenvalue weighted by atomic mass is 32.2. The van der Waals surface area contributed by atoms with Gasteiger partial charge < -0.3 is 10.6 Å². The zero-order valence-corrected chi connectivity index (χ0v) is 14.5. The highest BCUT2D eigenvalue weighted by Gasteiger charge is 2.14. The van der Waals surface area contributed by atoms with Crippen molar-refractivity contribution in [1.29, 1.82) is 0 Å². The van der Waals surface area contributed by atoms with Crippen molar-refractivity contribution in [1.82, 2.24) is 0 Å². The van der Waals surface area contributed by atoms with Gasteiger partial charge in [0.25, 0.3) is 0 Å². The van der Waals surface area contributed by atoms with E-state index in [-0.39, 0.29) is 17.3 Å². The Balaban J connectivity index is 2.07. The third-order valence-corrected chi connectivity index (χ3v) is 5.06. The number of sulfone groups is 1. The first kappa shape index (κ1) is 17.4. The molecule has 23 heavy (non-hydrogen) atoms. The van der Waals surface area contributed by atoms with Gasteiger partial charge in [-0.2, -0.15) is 0 Å². The predicted octanol–water partition coefficient (Wildman–Crippen LogP) is 2.86. The van der Waals surface area contributed by atoms with E-state index in [4.69, 9.17) is 0 Å². The van der Waals surface area contributed by atoms with Gasteiger partial charge in [0, 0.05) is 16.8 Å². The Hall–Kier alpha value is -1.99. The Kier molecular flexibility index (Phi) is 5.68. The van der Waals surface area contributed by atoms with Gasteiger partial charge in [0.1, 0.15) is 0 Å². The van der Waals surface area contributed by atoms with Crippen molar-refractivity contribution < 1.29 is 13.2 Å². The van der Waals surface area contributed by atoms with Crippen LogP contribution < -0.4 is 10.6 Å². The SMILES string of the molecule is CSc1ccccc1NCC(=O)Nc1ccccc1S(C)(=O)=O. The van der Waals surface area contributed by atoms with Crippen LogP contribution in [0.3, 0.4) is 0 Å². The number of para-hydroxylation sites is 2. The van der Waals surface area contributed by atoms with Crippen molar-refractivity contribution in [2.75, 3.05) is 29.7 Å². The first-order valence-corrected chi connectivity index (χ1v) is 9.99. The van der Waals surface area contributed by atoms with E-state index in [1.54, 1.807) is 30.0 Å². The van der Waals surface area contributed by atoms with Crippen molar-refractivity contribution in [2.45, 2.75) is 9.79 Å². The minimum atomic E-state index is -3.40. The standard InChI is InChI=1S/C16H18N2O3S2/c1-22-14-9-5-3-7-12(14)17-11-16(19)18-13-8-4-6-10-15(13)23(2,20)21/h3-10,17H,11H2,1-2H3,(H,18,19). The van der Waals surface area contributed by atoms with E-state index in [1.165, 1.54) is 6.07 Å². The Morgan fingerprint density at radius 2 is 1.65 bits per heavy atom. The molecule has 0 heterocycles. The average molecular weight is 350 g/mol. The highest BCUT2D eigenvalue weighted by molar-refractivity contribution is 7.98. The summed E-state index contributed by atoms with van der Waals surface area (Å²) in [6.07, 6.45) is 3.08. The molecule has 0 unspecified atom stereocenters. The fraction of sp³-hybridized carbons (Fsp3) is 0.188. The molecule has 0 aliphatic rings. The number of nitrogens with one attached hydrogen (secondary N) is 2. The molecule has 2 N–H and O–H groups in total. The van der Waals surface area contributed by atoms with E-state index in [0.717, 1.165) is 16.8 Å². The van der Waals surface area contributed by atoms with Gasteiger partial charge >= 0.3 is 0 Å². The smallest absolute Gasteiger partial charge is 0.243 e. The summed E-state index contributed by atoms with van der Waals surface area (Å²) >= 11 is 1.58. The van der Waals surface area contributed by atoms with Crippen LogP contribution in [0.2, 0.25) is 0 Å². The molecule has 0 radical (unpaired) electrons. The molecule has 0 fully saturated rings. The van der Waals surface area contributed by atoms with Crippen LogP contribution in [-0.2, 0) is 14.6 Å². The fourth-order valence-electron chi connectivity index (χ4n) is 2.05. The monoisotopic (exact) mass is 350 g/mol. The van der Waals surface area contributed by atoms with Crippen molar-refractivity contribution in [2.24, 2.45) is 0 Å². The third-order valence-electron chi connectivity index (χ3n) is 3.11. The molecule has 0 bridgehead atoms. The number of benzene rings is 2. The number of anilines is 2. The lowest BCUT2D eigenvalue weighted by atomic mass is 10.3.